The summed E-state index contributed by atoms with van der Waals surface area (Å²) in [5, 5.41) is 1.33. The Morgan fingerprint density at radius 2 is 1.27 bits per heavy atom. The number of benzene rings is 2. The largest absolute Gasteiger partial charge is 0.482 e. The molecule has 0 saturated heterocycles. The van der Waals surface area contributed by atoms with Gasteiger partial charge in [-0.2, -0.15) is 0 Å². The molecule has 4 aliphatic rings. The van der Waals surface area contributed by atoms with E-state index < -0.39 is 5.41 Å². The fourth-order valence-electron chi connectivity index (χ4n) is 7.13. The molecule has 5 unspecified atom stereocenters. The summed E-state index contributed by atoms with van der Waals surface area (Å²) in [6.07, 6.45) is 21.5. The number of unbranched alkanes of at least 4 members (excludes halogenated alkanes) is 3. The van der Waals surface area contributed by atoms with Crippen LogP contribution in [0.5, 0.6) is 11.5 Å². The molecule has 6 nitrogen and oxygen atoms in total. The van der Waals surface area contributed by atoms with Crippen LogP contribution < -0.4 is 9.47 Å². The molecule has 4 aliphatic carbocycles. The van der Waals surface area contributed by atoms with Crippen LogP contribution in [0.15, 0.2) is 107 Å². The first-order valence-corrected chi connectivity index (χ1v) is 18.2. The highest BCUT2D eigenvalue weighted by Crippen LogP contribution is 2.44. The number of ether oxygens (including phenoxy) is 4. The van der Waals surface area contributed by atoms with Crippen molar-refractivity contribution >= 4 is 35.1 Å². The van der Waals surface area contributed by atoms with Crippen LogP contribution in [0.2, 0.25) is 0 Å². The monoisotopic (exact) mass is 702 g/mol. The lowest BCUT2D eigenvalue weighted by molar-refractivity contribution is -0.149. The van der Waals surface area contributed by atoms with Gasteiger partial charge >= 0.3 is 11.9 Å². The van der Waals surface area contributed by atoms with Gasteiger partial charge in [-0.1, -0.05) is 66.5 Å². The molecule has 8 heteroatoms. The minimum absolute atomic E-state index is 0.0418. The van der Waals surface area contributed by atoms with E-state index in [1.54, 1.807) is 0 Å². The molecule has 1 fully saturated rings. The Bertz CT molecular complexity index is 1540. The molecule has 0 N–H and O–H groups in total. The first-order chi connectivity index (χ1) is 23.7. The lowest BCUT2D eigenvalue weighted by Crippen LogP contribution is -2.25. The summed E-state index contributed by atoms with van der Waals surface area (Å²) < 4.78 is 23.3. The Morgan fingerprint density at radius 1 is 0.714 bits per heavy atom. The molecular formula is C41H44Cl2O6. The summed E-state index contributed by atoms with van der Waals surface area (Å²) in [5.41, 5.74) is 1.64. The zero-order valence-electron chi connectivity index (χ0n) is 27.9. The number of allylic oxidation sites excluding steroid dienone is 6. The van der Waals surface area contributed by atoms with E-state index in [4.69, 9.17) is 42.1 Å². The molecule has 5 atom stereocenters. The van der Waals surface area contributed by atoms with Crippen molar-refractivity contribution in [2.75, 3.05) is 13.2 Å². The van der Waals surface area contributed by atoms with Gasteiger partial charge in [0.05, 0.1) is 19.1 Å². The maximum Gasteiger partial charge on any atom is 0.309 e. The smallest absolute Gasteiger partial charge is 0.309 e. The molecule has 0 heterocycles. The number of fused-ring (bicyclic) bond motifs is 2. The van der Waals surface area contributed by atoms with Gasteiger partial charge in [0.1, 0.15) is 23.7 Å². The normalized spacial score (nSPS) is 24.4. The number of halogens is 2. The van der Waals surface area contributed by atoms with Gasteiger partial charge in [-0.3, -0.25) is 9.59 Å². The molecule has 1 saturated carbocycles. The fourth-order valence-corrected chi connectivity index (χ4v) is 7.52. The number of rotatable bonds is 17. The first-order valence-electron chi connectivity index (χ1n) is 17.4. The second-order valence-electron chi connectivity index (χ2n) is 13.6. The molecule has 6 rings (SSSR count). The minimum Gasteiger partial charge on any atom is -0.482 e. The van der Waals surface area contributed by atoms with Crippen LogP contribution in [0, 0.1) is 17.8 Å². The van der Waals surface area contributed by atoms with Crippen molar-refractivity contribution in [2.45, 2.75) is 75.9 Å². The van der Waals surface area contributed by atoms with Gasteiger partial charge in [0.15, 0.2) is 0 Å². The average Bonchev–Trinajstić information content (AvgIpc) is 3.92. The van der Waals surface area contributed by atoms with Gasteiger partial charge in [0.2, 0.25) is 0 Å². The maximum atomic E-state index is 12.9. The van der Waals surface area contributed by atoms with E-state index in [2.05, 4.69) is 43.3 Å². The summed E-state index contributed by atoms with van der Waals surface area (Å²) in [6.45, 7) is 2.99. The van der Waals surface area contributed by atoms with Crippen LogP contribution in [0.25, 0.3) is 0 Å². The van der Waals surface area contributed by atoms with Crippen LogP contribution >= 0.6 is 23.2 Å². The molecule has 2 aromatic rings. The zero-order valence-corrected chi connectivity index (χ0v) is 29.4. The Labute approximate surface area is 299 Å². The average molecular weight is 704 g/mol. The van der Waals surface area contributed by atoms with E-state index in [0.717, 1.165) is 61.2 Å². The Balaban J connectivity index is 0.981. The molecule has 258 valence electrons. The van der Waals surface area contributed by atoms with Gasteiger partial charge in [-0.15, -0.1) is 0 Å². The topological polar surface area (TPSA) is 71.1 Å². The molecular weight excluding hydrogens is 659 g/mol. The number of carbonyl (C=O) groups excluding carboxylic acids is 2. The van der Waals surface area contributed by atoms with E-state index in [9.17, 15) is 9.59 Å². The lowest BCUT2D eigenvalue weighted by Gasteiger charge is -2.31. The molecule has 0 spiro atoms. The summed E-state index contributed by atoms with van der Waals surface area (Å²) in [5.74, 6) is 2.20. The molecule has 49 heavy (non-hydrogen) atoms. The Hall–Kier alpha value is -3.74. The number of hydrogen-bond acceptors (Lipinski definition) is 6. The van der Waals surface area contributed by atoms with Crippen molar-refractivity contribution in [3.05, 3.63) is 118 Å². The highest BCUT2D eigenvalue weighted by atomic mass is 35.5. The first kappa shape index (κ1) is 35.1. The minimum atomic E-state index is -0.477. The summed E-state index contributed by atoms with van der Waals surface area (Å²) >= 11 is 12.1. The second-order valence-corrected chi connectivity index (χ2v) is 14.4. The van der Waals surface area contributed by atoms with Crippen molar-refractivity contribution in [2.24, 2.45) is 17.8 Å². The quantitative estimate of drug-likeness (QED) is 0.0929. The molecule has 0 amide bonds. The second kappa shape index (κ2) is 16.3. The SMILES string of the molecule is CC(CCC(=O)OCCCCCCOC(=O)C1CC2C=CC1C2)(c1ccc(OC2C=CC(Cl)=C2)cc1)c1ccc(OC2C=CC(Cl)=C2)cc1. The van der Waals surface area contributed by atoms with E-state index >= 15 is 0 Å². The number of esters is 2. The van der Waals surface area contributed by atoms with Gasteiger partial charge < -0.3 is 18.9 Å². The summed E-state index contributed by atoms with van der Waals surface area (Å²) in [6, 6.07) is 16.0. The predicted molar refractivity (Wildman–Crippen MR) is 193 cm³/mol. The third-order valence-corrected chi connectivity index (χ3v) is 10.5. The van der Waals surface area contributed by atoms with Crippen molar-refractivity contribution in [3.8, 4) is 11.5 Å². The standard InChI is InChI=1S/C41H44Cl2O6/c1-41(30-8-14-34(15-9-30)48-36-18-12-32(42)26-36,31-10-16-35(17-11-31)49-37-19-13-33(43)27-37)21-20-39(44)46-22-4-2-3-5-23-47-40(45)38-25-28-6-7-29(38)24-28/h6-19,26-29,36-38H,2-5,20-25H2,1H3. The summed E-state index contributed by atoms with van der Waals surface area (Å²) in [7, 11) is 0. The Morgan fingerprint density at radius 3 is 1.73 bits per heavy atom. The number of carbonyl (C=O) groups is 2. The van der Waals surface area contributed by atoms with E-state index in [1.807, 2.05) is 60.7 Å². The fraction of sp³-hybridized carbons (Fsp3) is 0.415. The third-order valence-electron chi connectivity index (χ3n) is 10.0. The Kier molecular flexibility index (Phi) is 11.7. The molecule has 2 aromatic carbocycles. The predicted octanol–water partition coefficient (Wildman–Crippen LogP) is 9.51. The van der Waals surface area contributed by atoms with Gasteiger partial charge in [0, 0.05) is 21.9 Å². The number of hydrogen-bond donors (Lipinski definition) is 0. The van der Waals surface area contributed by atoms with Crippen molar-refractivity contribution in [1.29, 1.82) is 0 Å². The molecule has 0 aliphatic heterocycles. The zero-order chi connectivity index (χ0) is 34.2. The van der Waals surface area contributed by atoms with E-state index in [0.29, 0.717) is 41.5 Å². The van der Waals surface area contributed by atoms with Crippen LogP contribution in [-0.4, -0.2) is 37.4 Å². The van der Waals surface area contributed by atoms with Crippen LogP contribution in [0.3, 0.4) is 0 Å². The van der Waals surface area contributed by atoms with Gasteiger partial charge in [0.25, 0.3) is 0 Å². The third kappa shape index (κ3) is 9.29. The maximum absolute atomic E-state index is 12.9. The van der Waals surface area contributed by atoms with E-state index in [-0.39, 0.29) is 36.5 Å². The molecule has 0 radical (unpaired) electrons. The molecule has 2 bridgehead atoms. The highest BCUT2D eigenvalue weighted by Gasteiger charge is 2.40. The van der Waals surface area contributed by atoms with Crippen molar-refractivity contribution in [3.63, 3.8) is 0 Å². The van der Waals surface area contributed by atoms with Crippen molar-refractivity contribution < 1.29 is 28.5 Å². The van der Waals surface area contributed by atoms with Crippen LogP contribution in [-0.2, 0) is 24.5 Å². The molecule has 0 aromatic heterocycles. The lowest BCUT2D eigenvalue weighted by atomic mass is 9.73. The van der Waals surface area contributed by atoms with E-state index in [1.165, 1.54) is 0 Å². The summed E-state index contributed by atoms with van der Waals surface area (Å²) in [4.78, 5) is 25.3. The van der Waals surface area contributed by atoms with Crippen LogP contribution in [0.4, 0.5) is 0 Å². The van der Waals surface area contributed by atoms with Crippen LogP contribution in [0.1, 0.15) is 69.4 Å². The van der Waals surface area contributed by atoms with Gasteiger partial charge in [-0.25, -0.2) is 0 Å². The van der Waals surface area contributed by atoms with Crippen molar-refractivity contribution in [1.82, 2.24) is 0 Å². The highest BCUT2D eigenvalue weighted by molar-refractivity contribution is 6.31. The van der Waals surface area contributed by atoms with Gasteiger partial charge in [-0.05, 0) is 129 Å².